The Balaban J connectivity index is 2.81. The molecule has 2 N–H and O–H groups in total. The number of phenols is 1. The number of phenolic OH excluding ortho intramolecular Hbond substituents is 1. The molecule has 0 aliphatic rings. The maximum atomic E-state index is 9.41. The van der Waals surface area contributed by atoms with E-state index in [0.717, 1.165) is 9.58 Å². The van der Waals surface area contributed by atoms with Gasteiger partial charge >= 0.3 is 0 Å². The van der Waals surface area contributed by atoms with Gasteiger partial charge in [0.25, 0.3) is 0 Å². The second-order valence-electron chi connectivity index (χ2n) is 2.85. The lowest BCUT2D eigenvalue weighted by Gasteiger charge is -1.95. The summed E-state index contributed by atoms with van der Waals surface area (Å²) in [6.07, 6.45) is 0. The maximum absolute atomic E-state index is 9.41. The van der Waals surface area contributed by atoms with Crippen LogP contribution in [0.25, 0.3) is 10.1 Å². The zero-order valence-electron chi connectivity index (χ0n) is 7.19. The molecule has 70 valence electrons. The molecule has 14 heavy (non-hydrogen) atoms. The second-order valence-corrected chi connectivity index (χ2v) is 4.02. The Kier molecular flexibility index (Phi) is 2.12. The van der Waals surface area contributed by atoms with Gasteiger partial charge in [-0.15, -0.1) is 11.3 Å². The monoisotopic (exact) mass is 205 g/mol. The molecular formula is C10H7NO2S. The molecule has 2 aromatic rings. The third kappa shape index (κ3) is 1.23. The summed E-state index contributed by atoms with van der Waals surface area (Å²) in [4.78, 5) is 0.794. The van der Waals surface area contributed by atoms with Gasteiger partial charge in [0.2, 0.25) is 0 Å². The number of fused-ring (bicyclic) bond motifs is 1. The SMILES string of the molecule is N#Cc1c(O)ccc2sc(CO)cc12. The van der Waals surface area contributed by atoms with Crippen molar-refractivity contribution >= 4 is 21.4 Å². The van der Waals surface area contributed by atoms with Crippen molar-refractivity contribution in [2.24, 2.45) is 0 Å². The zero-order chi connectivity index (χ0) is 10.1. The molecule has 0 atom stereocenters. The van der Waals surface area contributed by atoms with Gasteiger partial charge in [0.15, 0.2) is 0 Å². The number of nitrogens with zero attached hydrogens (tertiary/aromatic N) is 1. The van der Waals surface area contributed by atoms with Crippen molar-refractivity contribution in [3.05, 3.63) is 28.6 Å². The minimum atomic E-state index is -0.0367. The van der Waals surface area contributed by atoms with Crippen molar-refractivity contribution in [2.45, 2.75) is 6.61 Å². The lowest BCUT2D eigenvalue weighted by Crippen LogP contribution is -1.76. The van der Waals surface area contributed by atoms with Gasteiger partial charge in [-0.05, 0) is 18.2 Å². The van der Waals surface area contributed by atoms with E-state index >= 15 is 0 Å². The molecule has 0 saturated heterocycles. The minimum Gasteiger partial charge on any atom is -0.507 e. The van der Waals surface area contributed by atoms with Crippen LogP contribution < -0.4 is 0 Å². The molecule has 2 rings (SSSR count). The fourth-order valence-electron chi connectivity index (χ4n) is 1.35. The molecule has 0 saturated carbocycles. The van der Waals surface area contributed by atoms with E-state index in [4.69, 9.17) is 10.4 Å². The molecule has 0 unspecified atom stereocenters. The van der Waals surface area contributed by atoms with Crippen LogP contribution in [-0.4, -0.2) is 10.2 Å². The van der Waals surface area contributed by atoms with E-state index in [1.165, 1.54) is 17.4 Å². The number of aliphatic hydroxyl groups excluding tert-OH is 1. The summed E-state index contributed by atoms with van der Waals surface area (Å²) in [6, 6.07) is 6.93. The summed E-state index contributed by atoms with van der Waals surface area (Å²) < 4.78 is 0.906. The van der Waals surface area contributed by atoms with Crippen molar-refractivity contribution in [2.75, 3.05) is 0 Å². The third-order valence-electron chi connectivity index (χ3n) is 2.00. The molecule has 0 radical (unpaired) electrons. The van der Waals surface area contributed by atoms with Gasteiger partial charge in [-0.3, -0.25) is 0 Å². The normalized spacial score (nSPS) is 10.3. The fraction of sp³-hybridized carbons (Fsp3) is 0.100. The van der Waals surface area contributed by atoms with Crippen molar-refractivity contribution in [1.82, 2.24) is 0 Å². The van der Waals surface area contributed by atoms with Gasteiger partial charge in [0.1, 0.15) is 17.4 Å². The van der Waals surface area contributed by atoms with Crippen LogP contribution in [0.3, 0.4) is 0 Å². The summed E-state index contributed by atoms with van der Waals surface area (Å²) in [5.41, 5.74) is 0.276. The maximum Gasteiger partial charge on any atom is 0.134 e. The first-order chi connectivity index (χ1) is 6.76. The van der Waals surface area contributed by atoms with Crippen LogP contribution in [0.15, 0.2) is 18.2 Å². The third-order valence-corrected chi connectivity index (χ3v) is 3.08. The number of thiophene rings is 1. The first-order valence-electron chi connectivity index (χ1n) is 4.01. The number of aliphatic hydroxyl groups is 1. The Labute approximate surface area is 84.5 Å². The van der Waals surface area contributed by atoms with Crippen LogP contribution >= 0.6 is 11.3 Å². The molecule has 0 spiro atoms. The molecule has 4 heteroatoms. The topological polar surface area (TPSA) is 64.2 Å². The first-order valence-corrected chi connectivity index (χ1v) is 4.83. The van der Waals surface area contributed by atoms with Crippen LogP contribution in [0.2, 0.25) is 0 Å². The van der Waals surface area contributed by atoms with E-state index in [9.17, 15) is 5.11 Å². The molecule has 0 amide bonds. The standard InChI is InChI=1S/C10H7NO2S/c11-4-8-7-3-6(5-12)14-10(7)2-1-9(8)13/h1-3,12-13H,5H2. The molecule has 3 nitrogen and oxygen atoms in total. The van der Waals surface area contributed by atoms with Gasteiger partial charge in [0, 0.05) is 15.0 Å². The van der Waals surface area contributed by atoms with Crippen LogP contribution in [0.1, 0.15) is 10.4 Å². The fourth-order valence-corrected chi connectivity index (χ4v) is 2.28. The predicted octanol–water partition coefficient (Wildman–Crippen LogP) is 1.97. The van der Waals surface area contributed by atoms with Crippen LogP contribution in [0, 0.1) is 11.3 Å². The Hall–Kier alpha value is -1.57. The average molecular weight is 205 g/mol. The number of rotatable bonds is 1. The minimum absolute atomic E-state index is 0.0118. The molecule has 0 aliphatic heterocycles. The van der Waals surface area contributed by atoms with Gasteiger partial charge in [0.05, 0.1) is 6.61 Å². The van der Waals surface area contributed by atoms with E-state index in [-0.39, 0.29) is 17.9 Å². The number of benzene rings is 1. The number of hydrogen-bond acceptors (Lipinski definition) is 4. The van der Waals surface area contributed by atoms with E-state index in [1.54, 1.807) is 12.1 Å². The van der Waals surface area contributed by atoms with Gasteiger partial charge in [-0.1, -0.05) is 0 Å². The average Bonchev–Trinajstić information content (AvgIpc) is 2.60. The summed E-state index contributed by atoms with van der Waals surface area (Å²) in [6.45, 7) is -0.0367. The van der Waals surface area contributed by atoms with E-state index in [0.29, 0.717) is 5.39 Å². The highest BCUT2D eigenvalue weighted by atomic mass is 32.1. The van der Waals surface area contributed by atoms with Crippen molar-refractivity contribution in [1.29, 1.82) is 5.26 Å². The Morgan fingerprint density at radius 3 is 2.86 bits per heavy atom. The summed E-state index contributed by atoms with van der Waals surface area (Å²) in [5.74, 6) is -0.0118. The second kappa shape index (κ2) is 3.29. The highest BCUT2D eigenvalue weighted by molar-refractivity contribution is 7.19. The van der Waals surface area contributed by atoms with Crippen molar-refractivity contribution in [3.8, 4) is 11.8 Å². The van der Waals surface area contributed by atoms with Gasteiger partial charge in [-0.25, -0.2) is 0 Å². The molecule has 0 aliphatic carbocycles. The van der Waals surface area contributed by atoms with E-state index in [2.05, 4.69) is 0 Å². The Morgan fingerprint density at radius 1 is 1.43 bits per heavy atom. The quantitative estimate of drug-likeness (QED) is 0.748. The molecule has 0 bridgehead atoms. The zero-order valence-corrected chi connectivity index (χ0v) is 8.01. The molecular weight excluding hydrogens is 198 g/mol. The highest BCUT2D eigenvalue weighted by Gasteiger charge is 2.09. The lowest BCUT2D eigenvalue weighted by atomic mass is 10.1. The lowest BCUT2D eigenvalue weighted by molar-refractivity contribution is 0.285. The van der Waals surface area contributed by atoms with Crippen molar-refractivity contribution < 1.29 is 10.2 Å². The molecule has 1 heterocycles. The van der Waals surface area contributed by atoms with Crippen LogP contribution in [0.4, 0.5) is 0 Å². The largest absolute Gasteiger partial charge is 0.507 e. The van der Waals surface area contributed by atoms with Crippen LogP contribution in [-0.2, 0) is 6.61 Å². The molecule has 1 aromatic carbocycles. The number of aromatic hydroxyl groups is 1. The summed E-state index contributed by atoms with van der Waals surface area (Å²) >= 11 is 1.42. The number of hydrogen-bond donors (Lipinski definition) is 2. The van der Waals surface area contributed by atoms with E-state index in [1.807, 2.05) is 6.07 Å². The van der Waals surface area contributed by atoms with Gasteiger partial charge < -0.3 is 10.2 Å². The van der Waals surface area contributed by atoms with Gasteiger partial charge in [-0.2, -0.15) is 5.26 Å². The summed E-state index contributed by atoms with van der Waals surface area (Å²) in [7, 11) is 0. The molecule has 0 fully saturated rings. The molecule has 1 aromatic heterocycles. The first kappa shape index (κ1) is 9.00. The predicted molar refractivity (Wildman–Crippen MR) is 54.1 cm³/mol. The van der Waals surface area contributed by atoms with Crippen LogP contribution in [0.5, 0.6) is 5.75 Å². The van der Waals surface area contributed by atoms with E-state index < -0.39 is 0 Å². The Bertz CT molecular complexity index is 525. The highest BCUT2D eigenvalue weighted by Crippen LogP contribution is 2.32. The summed E-state index contributed by atoms with van der Waals surface area (Å²) in [5, 5.41) is 27.9. The smallest absolute Gasteiger partial charge is 0.134 e. The Morgan fingerprint density at radius 2 is 2.21 bits per heavy atom. The van der Waals surface area contributed by atoms with Crippen molar-refractivity contribution in [3.63, 3.8) is 0 Å². The number of nitriles is 1.